The van der Waals surface area contributed by atoms with Gasteiger partial charge in [-0.2, -0.15) is 8.61 Å². The van der Waals surface area contributed by atoms with Crippen LogP contribution in [0.5, 0.6) is 11.5 Å². The summed E-state index contributed by atoms with van der Waals surface area (Å²) in [5.74, 6) is -27.4. The molecule has 0 aromatic heterocycles. The highest BCUT2D eigenvalue weighted by Gasteiger charge is 2.41. The molecule has 0 aliphatic rings. The number of carboxylic acid groups (broad SMARTS) is 2. The summed E-state index contributed by atoms with van der Waals surface area (Å²) in [5, 5.41) is 42.0. The Morgan fingerprint density at radius 1 is 0.410 bits per heavy atom. The maximum atomic E-state index is 15.1. The number of aromatic carboxylic acids is 2. The van der Waals surface area contributed by atoms with Crippen molar-refractivity contribution in [2.24, 2.45) is 0 Å². The molecule has 0 fully saturated rings. The Morgan fingerprint density at radius 2 is 0.760 bits per heavy atom. The van der Waals surface area contributed by atoms with E-state index < -0.39 is 160 Å². The van der Waals surface area contributed by atoms with Gasteiger partial charge in [0, 0.05) is 52.2 Å². The minimum absolute atomic E-state index is 0.0516. The molecular weight excluding hydrogens is 1410 g/mol. The first-order valence-electron chi connectivity index (χ1n) is 29.8. The van der Waals surface area contributed by atoms with Crippen LogP contribution in [0.15, 0.2) is 155 Å². The highest BCUT2D eigenvalue weighted by atomic mass is 35.5. The minimum Gasteiger partial charge on any atom is -0.507 e. The quantitative estimate of drug-likeness (QED) is 0.0317. The number of carbonyl (C=O) groups excluding carboxylic acids is 2. The lowest BCUT2D eigenvalue weighted by atomic mass is 9.79. The van der Waals surface area contributed by atoms with E-state index in [0.29, 0.717) is 15.4 Å². The van der Waals surface area contributed by atoms with E-state index in [4.69, 9.17) is 23.2 Å². The molecular formula is C71H61Cl2F9N4O12S2. The highest BCUT2D eigenvalue weighted by Crippen LogP contribution is 2.37. The number of aromatic hydroxyl groups is 2. The van der Waals surface area contributed by atoms with Crippen LogP contribution in [-0.4, -0.2) is 82.7 Å². The van der Waals surface area contributed by atoms with E-state index in [9.17, 15) is 87.2 Å². The number of hydrogen-bond donors (Lipinski definition) is 4. The number of anilines is 2. The number of amides is 2. The third-order valence-corrected chi connectivity index (χ3v) is 20.0. The van der Waals surface area contributed by atoms with E-state index in [0.717, 1.165) is 62.9 Å². The van der Waals surface area contributed by atoms with Gasteiger partial charge in [0.1, 0.15) is 22.6 Å². The van der Waals surface area contributed by atoms with Crippen LogP contribution in [0.25, 0.3) is 10.8 Å². The molecule has 16 nitrogen and oxygen atoms in total. The predicted octanol–water partition coefficient (Wildman–Crippen LogP) is 15.6. The zero-order valence-electron chi connectivity index (χ0n) is 53.9. The van der Waals surface area contributed by atoms with Gasteiger partial charge in [-0.3, -0.25) is 9.59 Å². The molecule has 0 spiro atoms. The van der Waals surface area contributed by atoms with Gasteiger partial charge in [-0.25, -0.2) is 65.9 Å². The van der Waals surface area contributed by atoms with Crippen molar-refractivity contribution in [2.45, 2.75) is 95.3 Å². The molecule has 0 aliphatic carbocycles. The van der Waals surface area contributed by atoms with Gasteiger partial charge in [-0.15, -0.1) is 0 Å². The van der Waals surface area contributed by atoms with Gasteiger partial charge in [0.2, 0.25) is 37.7 Å². The zero-order chi connectivity index (χ0) is 74.0. The molecule has 4 N–H and O–H groups in total. The van der Waals surface area contributed by atoms with Gasteiger partial charge in [0.15, 0.2) is 56.3 Å². The number of benzene rings is 9. The van der Waals surface area contributed by atoms with Crippen molar-refractivity contribution < 1.29 is 96.0 Å². The monoisotopic (exact) mass is 1470 g/mol. The first-order valence-corrected chi connectivity index (χ1v) is 33.4. The average molecular weight is 1470 g/mol. The number of fused-ring (bicyclic) bond motifs is 1. The summed E-state index contributed by atoms with van der Waals surface area (Å²) in [5.41, 5.74) is 0.238. The fourth-order valence-corrected chi connectivity index (χ4v) is 13.5. The molecule has 526 valence electrons. The smallest absolute Gasteiger partial charge is 0.339 e. The summed E-state index contributed by atoms with van der Waals surface area (Å²) in [6.45, 7) is 8.27. The summed E-state index contributed by atoms with van der Waals surface area (Å²) in [6, 6.07) is 35.6. The second kappa shape index (κ2) is 30.1. The second-order valence-electron chi connectivity index (χ2n) is 25.0. The number of rotatable bonds is 20. The van der Waals surface area contributed by atoms with Crippen LogP contribution < -0.4 is 9.80 Å². The van der Waals surface area contributed by atoms with Crippen molar-refractivity contribution in [2.75, 3.05) is 22.9 Å². The Labute approximate surface area is 578 Å². The summed E-state index contributed by atoms with van der Waals surface area (Å²) >= 11 is 11.9. The van der Waals surface area contributed by atoms with Gasteiger partial charge in [-0.1, -0.05) is 144 Å². The molecule has 9 aromatic carbocycles. The van der Waals surface area contributed by atoms with Crippen LogP contribution in [0.1, 0.15) is 101 Å². The molecule has 9 aromatic rings. The van der Waals surface area contributed by atoms with E-state index in [1.807, 2.05) is 77.9 Å². The van der Waals surface area contributed by atoms with Gasteiger partial charge in [0.05, 0.1) is 26.2 Å². The van der Waals surface area contributed by atoms with E-state index in [1.165, 1.54) is 60.7 Å². The first-order chi connectivity index (χ1) is 46.6. The SMILES string of the molecule is CC(C)(C)c1cc(CN(C(=O)CN(Cc2ccc(Cl)cc2)S(=O)(=O)c2c(F)c(F)c(F)c(F)c2F)c2ccc(C(=O)O)c(O)c2)cc(C(C)(C)C)c1.Cc1c(F)c(F)c(S(=O)(=O)N(CC(=O)N(Cc2ccc3ccccc3c2)c2ccc(C(=O)O)c(O)c2)Cc2ccc(Cl)cc2)c(F)c1F. The Hall–Kier alpha value is -9.51. The largest absolute Gasteiger partial charge is 0.507 e. The number of sulfonamides is 2. The fourth-order valence-electron chi connectivity index (χ4n) is 10.3. The van der Waals surface area contributed by atoms with Crippen molar-refractivity contribution in [3.05, 3.63) is 258 Å². The molecule has 0 radical (unpaired) electrons. The number of phenols is 2. The van der Waals surface area contributed by atoms with Gasteiger partial charge >= 0.3 is 11.9 Å². The second-order valence-corrected chi connectivity index (χ2v) is 29.6. The van der Waals surface area contributed by atoms with Crippen molar-refractivity contribution in [1.82, 2.24) is 8.61 Å². The molecule has 29 heteroatoms. The van der Waals surface area contributed by atoms with Crippen molar-refractivity contribution in [1.29, 1.82) is 0 Å². The maximum absolute atomic E-state index is 15.1. The van der Waals surface area contributed by atoms with E-state index in [2.05, 4.69) is 0 Å². The van der Waals surface area contributed by atoms with E-state index in [1.54, 1.807) is 24.3 Å². The number of hydrogen-bond acceptors (Lipinski definition) is 10. The lowest BCUT2D eigenvalue weighted by molar-refractivity contribution is -0.119. The zero-order valence-corrected chi connectivity index (χ0v) is 57.1. The lowest BCUT2D eigenvalue weighted by Gasteiger charge is -2.30. The third kappa shape index (κ3) is 16.9. The Balaban J connectivity index is 0.000000255. The highest BCUT2D eigenvalue weighted by molar-refractivity contribution is 7.89. The summed E-state index contributed by atoms with van der Waals surface area (Å²) in [4.78, 5) is 49.6. The summed E-state index contributed by atoms with van der Waals surface area (Å²) in [6.07, 6.45) is 0. The standard InChI is InChI=1S/C37H36ClF5N2O6S.C34H25ClF4N2O6S/c1-36(2,3)22-13-21(14-23(15-22)37(4,5)6)18-45(25-11-12-26(35(48)49)27(46)16-25)28(47)19-44(17-20-7-9-24(38)10-8-20)52(50,51)34-32(42)30(40)29(39)31(41)33(34)43;1-19-29(36)31(38)33(32(39)30(19)37)48(46,47)40(16-20-7-10-24(35)11-8-20)18-28(43)41(25-12-13-26(34(44)45)27(42)15-25)17-21-6-9-22-4-2-3-5-23(22)14-21/h7-16,46H,17-19H2,1-6H3,(H,48,49);2-15,42H,16-18H2,1H3,(H,44,45). The first kappa shape index (κ1) is 76.2. The Bertz CT molecular complexity index is 4860. The molecule has 100 heavy (non-hydrogen) atoms. The van der Waals surface area contributed by atoms with Gasteiger partial charge in [0.25, 0.3) is 0 Å². The van der Waals surface area contributed by atoms with Gasteiger partial charge in [-0.05, 0) is 117 Å². The normalized spacial score (nSPS) is 12.0. The van der Waals surface area contributed by atoms with Gasteiger partial charge < -0.3 is 30.2 Å². The molecule has 0 bridgehead atoms. The molecule has 0 saturated carbocycles. The maximum Gasteiger partial charge on any atom is 0.339 e. The number of carbonyl (C=O) groups is 4. The van der Waals surface area contributed by atoms with E-state index in [-0.39, 0.29) is 60.8 Å². The summed E-state index contributed by atoms with van der Waals surface area (Å²) in [7, 11) is -11.1. The molecule has 0 aliphatic heterocycles. The van der Waals surface area contributed by atoms with E-state index >= 15 is 8.78 Å². The van der Waals surface area contributed by atoms with Crippen molar-refractivity contribution in [3.63, 3.8) is 0 Å². The molecule has 0 saturated heterocycles. The van der Waals surface area contributed by atoms with Crippen molar-refractivity contribution >= 4 is 89.1 Å². The molecule has 9 rings (SSSR count). The third-order valence-electron chi connectivity index (χ3n) is 15.8. The molecule has 0 atom stereocenters. The average Bonchev–Trinajstić information content (AvgIpc) is 0.760. The minimum atomic E-state index is -5.67. The predicted molar refractivity (Wildman–Crippen MR) is 356 cm³/mol. The Kier molecular flexibility index (Phi) is 23.0. The molecule has 2 amide bonds. The summed E-state index contributed by atoms with van der Waals surface area (Å²) < 4.78 is 188. The fraction of sp³-hybridized carbons (Fsp3) is 0.211. The van der Waals surface area contributed by atoms with Crippen LogP contribution in [0.2, 0.25) is 10.0 Å². The van der Waals surface area contributed by atoms with Crippen LogP contribution in [0.4, 0.5) is 50.9 Å². The van der Waals surface area contributed by atoms with Crippen LogP contribution in [0.3, 0.4) is 0 Å². The molecule has 0 heterocycles. The Morgan fingerprint density at radius 3 is 1.13 bits per heavy atom. The van der Waals surface area contributed by atoms with Crippen LogP contribution in [0, 0.1) is 59.3 Å². The molecule has 0 unspecified atom stereocenters. The van der Waals surface area contributed by atoms with Crippen molar-refractivity contribution in [3.8, 4) is 11.5 Å². The number of carboxylic acids is 2. The van der Waals surface area contributed by atoms with Crippen LogP contribution in [-0.2, 0) is 66.6 Å². The lowest BCUT2D eigenvalue weighted by Crippen LogP contribution is -2.43. The van der Waals surface area contributed by atoms with Crippen LogP contribution >= 0.6 is 23.2 Å². The topological polar surface area (TPSA) is 230 Å². The number of nitrogens with zero attached hydrogens (tertiary/aromatic N) is 4. The number of halogens is 11.